The quantitative estimate of drug-likeness (QED) is 0.798. The highest BCUT2D eigenvalue weighted by molar-refractivity contribution is 5.00. The topological polar surface area (TPSA) is 29.5 Å². The summed E-state index contributed by atoms with van der Waals surface area (Å²) in [7, 11) is 1.77. The van der Waals surface area contributed by atoms with Crippen LogP contribution in [-0.2, 0) is 4.74 Å². The molecule has 0 heterocycles. The van der Waals surface area contributed by atoms with Crippen molar-refractivity contribution in [3.63, 3.8) is 0 Å². The summed E-state index contributed by atoms with van der Waals surface area (Å²) < 4.78 is 5.63. The largest absolute Gasteiger partial charge is 0.390 e. The highest BCUT2D eigenvalue weighted by Crippen LogP contribution is 2.45. The van der Waals surface area contributed by atoms with Crippen LogP contribution in [0.1, 0.15) is 58.3 Å². The molecule has 0 saturated heterocycles. The lowest BCUT2D eigenvalue weighted by Crippen LogP contribution is -2.54. The highest BCUT2D eigenvalue weighted by Gasteiger charge is 2.48. The van der Waals surface area contributed by atoms with Gasteiger partial charge in [-0.25, -0.2) is 0 Å². The number of hydrogen-bond donors (Lipinski definition) is 1. The molecular weight excluding hydrogens is 200 g/mol. The van der Waals surface area contributed by atoms with Gasteiger partial charge in [0.2, 0.25) is 0 Å². The van der Waals surface area contributed by atoms with Gasteiger partial charge in [0.15, 0.2) is 0 Å². The van der Waals surface area contributed by atoms with Crippen LogP contribution in [0.15, 0.2) is 0 Å². The van der Waals surface area contributed by atoms with Gasteiger partial charge >= 0.3 is 0 Å². The van der Waals surface area contributed by atoms with Gasteiger partial charge in [0.05, 0.1) is 11.7 Å². The third-order valence-electron chi connectivity index (χ3n) is 5.04. The first-order valence-corrected chi connectivity index (χ1v) is 6.96. The highest BCUT2D eigenvalue weighted by atomic mass is 16.5. The van der Waals surface area contributed by atoms with Gasteiger partial charge in [0.1, 0.15) is 0 Å². The van der Waals surface area contributed by atoms with Crippen LogP contribution in [-0.4, -0.2) is 23.9 Å². The normalized spacial score (nSPS) is 35.4. The summed E-state index contributed by atoms with van der Waals surface area (Å²) in [5.74, 6) is 1.20. The summed E-state index contributed by atoms with van der Waals surface area (Å²) in [5, 5.41) is 10.6. The maximum Gasteiger partial charge on any atom is 0.0939 e. The lowest BCUT2D eigenvalue weighted by Gasteiger charge is -2.49. The molecule has 0 amide bonds. The van der Waals surface area contributed by atoms with E-state index in [0.717, 1.165) is 18.8 Å². The Morgan fingerprint density at radius 2 is 1.94 bits per heavy atom. The molecule has 0 aromatic carbocycles. The van der Waals surface area contributed by atoms with E-state index >= 15 is 0 Å². The summed E-state index contributed by atoms with van der Waals surface area (Å²) >= 11 is 0. The molecule has 0 aromatic rings. The van der Waals surface area contributed by atoms with Crippen molar-refractivity contribution in [2.75, 3.05) is 7.11 Å². The minimum Gasteiger partial charge on any atom is -0.390 e. The van der Waals surface area contributed by atoms with Crippen LogP contribution in [0.4, 0.5) is 0 Å². The number of ether oxygens (including phenoxy) is 1. The van der Waals surface area contributed by atoms with Crippen LogP contribution in [0.3, 0.4) is 0 Å². The monoisotopic (exact) mass is 226 g/mol. The zero-order chi connectivity index (χ0) is 11.6. The molecular formula is C14H26O2. The standard InChI is InChI=1S/C14H26O2/c1-3-11-7-4-5-8-12(11)13(15)14(16-2)9-6-10-14/h11-13,15H,3-10H2,1-2H3. The second kappa shape index (κ2) is 5.05. The molecule has 2 aliphatic carbocycles. The van der Waals surface area contributed by atoms with Crippen molar-refractivity contribution in [1.29, 1.82) is 0 Å². The average Bonchev–Trinajstić information content (AvgIpc) is 2.28. The van der Waals surface area contributed by atoms with E-state index in [1.165, 1.54) is 38.5 Å². The van der Waals surface area contributed by atoms with E-state index in [1.54, 1.807) is 7.11 Å². The minimum atomic E-state index is -0.225. The van der Waals surface area contributed by atoms with Crippen LogP contribution >= 0.6 is 0 Å². The predicted molar refractivity (Wildman–Crippen MR) is 65.3 cm³/mol. The molecule has 3 atom stereocenters. The second-order valence-electron chi connectivity index (χ2n) is 5.68. The Balaban J connectivity index is 2.03. The smallest absolute Gasteiger partial charge is 0.0939 e. The van der Waals surface area contributed by atoms with Crippen LogP contribution < -0.4 is 0 Å². The average molecular weight is 226 g/mol. The molecule has 3 unspecified atom stereocenters. The fourth-order valence-corrected chi connectivity index (χ4v) is 3.69. The Kier molecular flexibility index (Phi) is 3.91. The summed E-state index contributed by atoms with van der Waals surface area (Å²) in [6.45, 7) is 2.26. The zero-order valence-corrected chi connectivity index (χ0v) is 10.7. The van der Waals surface area contributed by atoms with Gasteiger partial charge < -0.3 is 9.84 Å². The van der Waals surface area contributed by atoms with Crippen LogP contribution in [0.2, 0.25) is 0 Å². The lowest BCUT2D eigenvalue weighted by molar-refractivity contribution is -0.177. The van der Waals surface area contributed by atoms with E-state index in [0.29, 0.717) is 5.92 Å². The Hall–Kier alpha value is -0.0800. The van der Waals surface area contributed by atoms with E-state index in [9.17, 15) is 5.11 Å². The molecule has 0 bridgehead atoms. The minimum absolute atomic E-state index is 0.185. The Labute approximate surface area is 99.4 Å². The third kappa shape index (κ3) is 2.02. The van der Waals surface area contributed by atoms with Gasteiger partial charge in [-0.2, -0.15) is 0 Å². The molecule has 0 spiro atoms. The Bertz CT molecular complexity index is 217. The van der Waals surface area contributed by atoms with Gasteiger partial charge in [-0.05, 0) is 37.5 Å². The molecule has 2 fully saturated rings. The van der Waals surface area contributed by atoms with Crippen molar-refractivity contribution in [2.24, 2.45) is 11.8 Å². The van der Waals surface area contributed by atoms with Crippen LogP contribution in [0.5, 0.6) is 0 Å². The molecule has 2 nitrogen and oxygen atoms in total. The second-order valence-corrected chi connectivity index (χ2v) is 5.68. The summed E-state index contributed by atoms with van der Waals surface area (Å²) in [6, 6.07) is 0. The van der Waals surface area contributed by atoms with Crippen molar-refractivity contribution in [3.8, 4) is 0 Å². The molecule has 1 N–H and O–H groups in total. The maximum absolute atomic E-state index is 10.6. The predicted octanol–water partition coefficient (Wildman–Crippen LogP) is 3.13. The first-order valence-electron chi connectivity index (χ1n) is 6.96. The number of methoxy groups -OCH3 is 1. The molecule has 0 radical (unpaired) electrons. The molecule has 94 valence electrons. The van der Waals surface area contributed by atoms with Gasteiger partial charge in [-0.15, -0.1) is 0 Å². The Morgan fingerprint density at radius 3 is 2.44 bits per heavy atom. The molecule has 2 saturated carbocycles. The van der Waals surface area contributed by atoms with E-state index in [2.05, 4.69) is 6.92 Å². The number of aliphatic hydroxyl groups excluding tert-OH is 1. The van der Waals surface area contributed by atoms with Gasteiger partial charge in [0.25, 0.3) is 0 Å². The third-order valence-corrected chi connectivity index (χ3v) is 5.04. The van der Waals surface area contributed by atoms with Crippen molar-refractivity contribution < 1.29 is 9.84 Å². The van der Waals surface area contributed by atoms with Crippen molar-refractivity contribution in [2.45, 2.75) is 70.0 Å². The number of rotatable bonds is 4. The maximum atomic E-state index is 10.6. The first kappa shape index (κ1) is 12.4. The lowest BCUT2D eigenvalue weighted by atomic mass is 9.65. The van der Waals surface area contributed by atoms with Crippen LogP contribution in [0.25, 0.3) is 0 Å². The van der Waals surface area contributed by atoms with E-state index < -0.39 is 0 Å². The van der Waals surface area contributed by atoms with E-state index in [-0.39, 0.29) is 11.7 Å². The molecule has 0 aliphatic heterocycles. The molecule has 2 aliphatic rings. The van der Waals surface area contributed by atoms with E-state index in [4.69, 9.17) is 4.74 Å². The van der Waals surface area contributed by atoms with Gasteiger partial charge in [-0.1, -0.05) is 32.6 Å². The van der Waals surface area contributed by atoms with Crippen molar-refractivity contribution in [3.05, 3.63) is 0 Å². The molecule has 2 rings (SSSR count). The molecule has 2 heteroatoms. The summed E-state index contributed by atoms with van der Waals surface area (Å²) in [5.41, 5.74) is -0.185. The van der Waals surface area contributed by atoms with Crippen molar-refractivity contribution in [1.82, 2.24) is 0 Å². The fourth-order valence-electron chi connectivity index (χ4n) is 3.69. The molecule has 0 aromatic heterocycles. The fraction of sp³-hybridized carbons (Fsp3) is 1.00. The number of hydrogen-bond acceptors (Lipinski definition) is 2. The molecule has 16 heavy (non-hydrogen) atoms. The van der Waals surface area contributed by atoms with Gasteiger partial charge in [-0.3, -0.25) is 0 Å². The zero-order valence-electron chi connectivity index (χ0n) is 10.7. The van der Waals surface area contributed by atoms with Crippen LogP contribution in [0, 0.1) is 11.8 Å². The summed E-state index contributed by atoms with van der Waals surface area (Å²) in [4.78, 5) is 0. The Morgan fingerprint density at radius 1 is 1.25 bits per heavy atom. The van der Waals surface area contributed by atoms with E-state index in [1.807, 2.05) is 0 Å². The van der Waals surface area contributed by atoms with Gasteiger partial charge in [0, 0.05) is 7.11 Å². The SMILES string of the molecule is CCC1CCCCC1C(O)C1(OC)CCC1. The first-order chi connectivity index (χ1) is 7.73. The number of aliphatic hydroxyl groups is 1. The summed E-state index contributed by atoms with van der Waals surface area (Å²) in [6.07, 6.45) is 9.45. The van der Waals surface area contributed by atoms with Crippen molar-refractivity contribution >= 4 is 0 Å².